The standard InChI is InChI=1S/C11H23NO2/c1-9(2)5-4-8-12-11(14)7-6-10(3)13/h9-10,13H,4-8H2,1-3H3,(H,12,14). The Balaban J connectivity index is 3.27. The maximum atomic E-state index is 11.2. The summed E-state index contributed by atoms with van der Waals surface area (Å²) >= 11 is 0. The molecule has 0 aromatic rings. The molecular formula is C11H23NO2. The molecule has 0 aliphatic rings. The van der Waals surface area contributed by atoms with Gasteiger partial charge in [-0.1, -0.05) is 13.8 Å². The summed E-state index contributed by atoms with van der Waals surface area (Å²) in [5, 5.41) is 11.8. The van der Waals surface area contributed by atoms with Crippen molar-refractivity contribution >= 4 is 5.91 Å². The molecule has 2 N–H and O–H groups in total. The molecule has 84 valence electrons. The van der Waals surface area contributed by atoms with E-state index in [1.807, 2.05) is 0 Å². The summed E-state index contributed by atoms with van der Waals surface area (Å²) < 4.78 is 0. The zero-order valence-electron chi connectivity index (χ0n) is 9.55. The van der Waals surface area contributed by atoms with Gasteiger partial charge in [0, 0.05) is 13.0 Å². The van der Waals surface area contributed by atoms with E-state index in [-0.39, 0.29) is 12.0 Å². The van der Waals surface area contributed by atoms with Gasteiger partial charge in [-0.25, -0.2) is 0 Å². The number of carbonyl (C=O) groups is 1. The monoisotopic (exact) mass is 201 g/mol. The van der Waals surface area contributed by atoms with Gasteiger partial charge in [-0.15, -0.1) is 0 Å². The van der Waals surface area contributed by atoms with Crippen molar-refractivity contribution in [1.82, 2.24) is 5.32 Å². The van der Waals surface area contributed by atoms with Crippen molar-refractivity contribution in [3.63, 3.8) is 0 Å². The zero-order valence-corrected chi connectivity index (χ0v) is 9.55. The number of rotatable bonds is 7. The number of carbonyl (C=O) groups excluding carboxylic acids is 1. The first-order valence-corrected chi connectivity index (χ1v) is 5.47. The molecule has 0 saturated carbocycles. The molecule has 14 heavy (non-hydrogen) atoms. The Kier molecular flexibility index (Phi) is 7.48. The van der Waals surface area contributed by atoms with Gasteiger partial charge in [0.05, 0.1) is 6.10 Å². The Bertz CT molecular complexity index is 155. The summed E-state index contributed by atoms with van der Waals surface area (Å²) in [5.41, 5.74) is 0. The second kappa shape index (κ2) is 7.80. The van der Waals surface area contributed by atoms with E-state index in [0.717, 1.165) is 19.4 Å². The zero-order chi connectivity index (χ0) is 11.0. The van der Waals surface area contributed by atoms with Crippen LogP contribution in [0.25, 0.3) is 0 Å². The second-order valence-electron chi connectivity index (χ2n) is 4.27. The summed E-state index contributed by atoms with van der Waals surface area (Å²) in [6, 6.07) is 0. The highest BCUT2D eigenvalue weighted by Crippen LogP contribution is 2.02. The predicted molar refractivity (Wildman–Crippen MR) is 58.0 cm³/mol. The summed E-state index contributed by atoms with van der Waals surface area (Å²) in [6.45, 7) is 6.81. The van der Waals surface area contributed by atoms with Crippen LogP contribution in [0.1, 0.15) is 46.5 Å². The molecule has 0 rings (SSSR count). The molecule has 1 atom stereocenters. The van der Waals surface area contributed by atoms with Crippen LogP contribution in [-0.4, -0.2) is 23.7 Å². The van der Waals surface area contributed by atoms with Crippen LogP contribution in [0.5, 0.6) is 0 Å². The Labute approximate surface area is 86.9 Å². The van der Waals surface area contributed by atoms with Crippen molar-refractivity contribution in [2.45, 2.75) is 52.6 Å². The van der Waals surface area contributed by atoms with Crippen LogP contribution in [0.2, 0.25) is 0 Å². The van der Waals surface area contributed by atoms with Crippen molar-refractivity contribution < 1.29 is 9.90 Å². The van der Waals surface area contributed by atoms with Crippen molar-refractivity contribution in [3.05, 3.63) is 0 Å². The molecule has 0 aromatic carbocycles. The maximum Gasteiger partial charge on any atom is 0.220 e. The number of hydrogen-bond acceptors (Lipinski definition) is 2. The Morgan fingerprint density at radius 1 is 1.29 bits per heavy atom. The fraction of sp³-hybridized carbons (Fsp3) is 0.909. The van der Waals surface area contributed by atoms with Crippen LogP contribution in [0.4, 0.5) is 0 Å². The third-order valence-corrected chi connectivity index (χ3v) is 2.07. The lowest BCUT2D eigenvalue weighted by atomic mass is 10.1. The molecule has 1 amide bonds. The first-order chi connectivity index (χ1) is 6.52. The number of hydrogen-bond donors (Lipinski definition) is 2. The van der Waals surface area contributed by atoms with E-state index in [0.29, 0.717) is 18.8 Å². The normalized spacial score (nSPS) is 12.9. The van der Waals surface area contributed by atoms with E-state index in [4.69, 9.17) is 5.11 Å². The van der Waals surface area contributed by atoms with E-state index < -0.39 is 0 Å². The quantitative estimate of drug-likeness (QED) is 0.616. The SMILES string of the molecule is CC(C)CCCNC(=O)CCC(C)O. The summed E-state index contributed by atoms with van der Waals surface area (Å²) in [7, 11) is 0. The van der Waals surface area contributed by atoms with Gasteiger partial charge >= 0.3 is 0 Å². The third kappa shape index (κ3) is 9.52. The molecule has 0 spiro atoms. The van der Waals surface area contributed by atoms with Gasteiger partial charge in [0.2, 0.25) is 5.91 Å². The van der Waals surface area contributed by atoms with Crippen LogP contribution in [0, 0.1) is 5.92 Å². The first kappa shape index (κ1) is 13.4. The number of aliphatic hydroxyl groups is 1. The Morgan fingerprint density at radius 3 is 2.43 bits per heavy atom. The fourth-order valence-electron chi connectivity index (χ4n) is 1.17. The third-order valence-electron chi connectivity index (χ3n) is 2.07. The van der Waals surface area contributed by atoms with E-state index in [9.17, 15) is 4.79 Å². The van der Waals surface area contributed by atoms with Crippen molar-refractivity contribution in [3.8, 4) is 0 Å². The maximum absolute atomic E-state index is 11.2. The van der Waals surface area contributed by atoms with Crippen LogP contribution in [-0.2, 0) is 4.79 Å². The lowest BCUT2D eigenvalue weighted by Crippen LogP contribution is -2.25. The Hall–Kier alpha value is -0.570. The number of amides is 1. The van der Waals surface area contributed by atoms with Gasteiger partial charge in [-0.05, 0) is 32.1 Å². The van der Waals surface area contributed by atoms with Crippen molar-refractivity contribution in [2.75, 3.05) is 6.54 Å². The molecular weight excluding hydrogens is 178 g/mol. The molecule has 0 radical (unpaired) electrons. The van der Waals surface area contributed by atoms with Crippen molar-refractivity contribution in [2.24, 2.45) is 5.92 Å². The highest BCUT2D eigenvalue weighted by atomic mass is 16.3. The van der Waals surface area contributed by atoms with Crippen LogP contribution >= 0.6 is 0 Å². The summed E-state index contributed by atoms with van der Waals surface area (Å²) in [4.78, 5) is 11.2. The molecule has 0 bridgehead atoms. The van der Waals surface area contributed by atoms with Crippen LogP contribution in [0.15, 0.2) is 0 Å². The second-order valence-corrected chi connectivity index (χ2v) is 4.27. The highest BCUT2D eigenvalue weighted by Gasteiger charge is 2.03. The molecule has 0 heterocycles. The highest BCUT2D eigenvalue weighted by molar-refractivity contribution is 5.75. The van der Waals surface area contributed by atoms with E-state index in [1.54, 1.807) is 6.92 Å². The minimum Gasteiger partial charge on any atom is -0.393 e. The summed E-state index contributed by atoms with van der Waals surface area (Å²) in [6.07, 6.45) is 2.79. The van der Waals surface area contributed by atoms with Gasteiger partial charge in [0.1, 0.15) is 0 Å². The van der Waals surface area contributed by atoms with Gasteiger partial charge in [-0.3, -0.25) is 4.79 Å². The molecule has 3 heteroatoms. The average molecular weight is 201 g/mol. The molecule has 0 aliphatic carbocycles. The first-order valence-electron chi connectivity index (χ1n) is 5.47. The van der Waals surface area contributed by atoms with Gasteiger partial charge in [0.25, 0.3) is 0 Å². The molecule has 0 aromatic heterocycles. The van der Waals surface area contributed by atoms with Crippen molar-refractivity contribution in [1.29, 1.82) is 0 Å². The lowest BCUT2D eigenvalue weighted by Gasteiger charge is -2.07. The van der Waals surface area contributed by atoms with E-state index >= 15 is 0 Å². The smallest absolute Gasteiger partial charge is 0.220 e. The summed E-state index contributed by atoms with van der Waals surface area (Å²) in [5.74, 6) is 0.749. The van der Waals surface area contributed by atoms with E-state index in [1.165, 1.54) is 0 Å². The number of aliphatic hydroxyl groups excluding tert-OH is 1. The molecule has 0 saturated heterocycles. The van der Waals surface area contributed by atoms with E-state index in [2.05, 4.69) is 19.2 Å². The topological polar surface area (TPSA) is 49.3 Å². The van der Waals surface area contributed by atoms with Crippen LogP contribution < -0.4 is 5.32 Å². The van der Waals surface area contributed by atoms with Gasteiger partial charge in [-0.2, -0.15) is 0 Å². The molecule has 0 fully saturated rings. The van der Waals surface area contributed by atoms with Gasteiger partial charge in [0.15, 0.2) is 0 Å². The fourth-order valence-corrected chi connectivity index (χ4v) is 1.17. The van der Waals surface area contributed by atoms with Crippen LogP contribution in [0.3, 0.4) is 0 Å². The number of nitrogens with one attached hydrogen (secondary N) is 1. The molecule has 0 aliphatic heterocycles. The predicted octanol–water partition coefficient (Wildman–Crippen LogP) is 1.70. The molecule has 3 nitrogen and oxygen atoms in total. The lowest BCUT2D eigenvalue weighted by molar-refractivity contribution is -0.121. The minimum absolute atomic E-state index is 0.0506. The largest absolute Gasteiger partial charge is 0.393 e. The average Bonchev–Trinajstić information content (AvgIpc) is 2.08. The van der Waals surface area contributed by atoms with Gasteiger partial charge < -0.3 is 10.4 Å². The minimum atomic E-state index is -0.378. The molecule has 1 unspecified atom stereocenters. The Morgan fingerprint density at radius 2 is 1.93 bits per heavy atom.